The Balaban J connectivity index is 1.62. The first kappa shape index (κ1) is 13.6. The lowest BCUT2D eigenvalue weighted by molar-refractivity contribution is 0.185. The first-order valence-electron chi connectivity index (χ1n) is 7.51. The second-order valence-corrected chi connectivity index (χ2v) is 5.32. The Morgan fingerprint density at radius 1 is 1.30 bits per heavy atom. The van der Waals surface area contributed by atoms with Gasteiger partial charge in [-0.15, -0.1) is 0 Å². The SMILES string of the molecule is CCOc1cncc(N2CCC(N3CCNCC3)C2)n1. The van der Waals surface area contributed by atoms with Gasteiger partial charge in [-0.3, -0.25) is 9.88 Å². The van der Waals surface area contributed by atoms with Crippen molar-refractivity contribution in [3.63, 3.8) is 0 Å². The number of rotatable bonds is 4. The monoisotopic (exact) mass is 277 g/mol. The lowest BCUT2D eigenvalue weighted by atomic mass is 10.2. The normalized spacial score (nSPS) is 24.1. The van der Waals surface area contributed by atoms with E-state index in [1.54, 1.807) is 6.20 Å². The van der Waals surface area contributed by atoms with Gasteiger partial charge in [0.15, 0.2) is 5.82 Å². The molecule has 1 atom stereocenters. The van der Waals surface area contributed by atoms with Gasteiger partial charge in [-0.1, -0.05) is 0 Å². The molecule has 110 valence electrons. The van der Waals surface area contributed by atoms with Gasteiger partial charge in [0.25, 0.3) is 0 Å². The zero-order chi connectivity index (χ0) is 13.8. The molecule has 0 spiro atoms. The number of hydrogen-bond acceptors (Lipinski definition) is 6. The molecule has 20 heavy (non-hydrogen) atoms. The maximum absolute atomic E-state index is 5.43. The average molecular weight is 277 g/mol. The van der Waals surface area contributed by atoms with Gasteiger partial charge in [-0.05, 0) is 13.3 Å². The van der Waals surface area contributed by atoms with Crippen LogP contribution in [0.2, 0.25) is 0 Å². The van der Waals surface area contributed by atoms with Gasteiger partial charge in [0.2, 0.25) is 5.88 Å². The molecular weight excluding hydrogens is 254 g/mol. The van der Waals surface area contributed by atoms with E-state index < -0.39 is 0 Å². The van der Waals surface area contributed by atoms with Gasteiger partial charge in [-0.2, -0.15) is 4.98 Å². The quantitative estimate of drug-likeness (QED) is 0.857. The molecule has 2 fully saturated rings. The molecule has 2 aliphatic heterocycles. The fraction of sp³-hybridized carbons (Fsp3) is 0.714. The Morgan fingerprint density at radius 2 is 2.15 bits per heavy atom. The van der Waals surface area contributed by atoms with Gasteiger partial charge in [0, 0.05) is 45.3 Å². The van der Waals surface area contributed by atoms with Crippen LogP contribution in [0.1, 0.15) is 13.3 Å². The fourth-order valence-corrected chi connectivity index (χ4v) is 3.00. The predicted octanol–water partition coefficient (Wildman–Crippen LogP) is 0.359. The van der Waals surface area contributed by atoms with E-state index in [-0.39, 0.29) is 0 Å². The molecule has 1 unspecified atom stereocenters. The maximum atomic E-state index is 5.43. The third-order valence-electron chi connectivity index (χ3n) is 4.05. The minimum absolute atomic E-state index is 0.621. The van der Waals surface area contributed by atoms with Gasteiger partial charge in [0.05, 0.1) is 19.0 Å². The Labute approximate surface area is 120 Å². The number of nitrogens with zero attached hydrogens (tertiary/aromatic N) is 4. The fourth-order valence-electron chi connectivity index (χ4n) is 3.00. The number of hydrogen-bond donors (Lipinski definition) is 1. The summed E-state index contributed by atoms with van der Waals surface area (Å²) in [5.74, 6) is 1.56. The summed E-state index contributed by atoms with van der Waals surface area (Å²) in [4.78, 5) is 13.7. The summed E-state index contributed by atoms with van der Waals surface area (Å²) in [6, 6.07) is 0.648. The summed E-state index contributed by atoms with van der Waals surface area (Å²) >= 11 is 0. The standard InChI is InChI=1S/C14H23N5O/c1-2-20-14-10-16-9-13(17-14)19-6-3-12(11-19)18-7-4-15-5-8-18/h9-10,12,15H,2-8,11H2,1H3. The largest absolute Gasteiger partial charge is 0.477 e. The van der Waals surface area contributed by atoms with Crippen LogP contribution in [-0.2, 0) is 0 Å². The number of aromatic nitrogens is 2. The Bertz CT molecular complexity index is 435. The summed E-state index contributed by atoms with van der Waals surface area (Å²) < 4.78 is 5.43. The molecule has 0 bridgehead atoms. The minimum atomic E-state index is 0.621. The molecule has 0 radical (unpaired) electrons. The molecule has 0 aromatic carbocycles. The smallest absolute Gasteiger partial charge is 0.234 e. The van der Waals surface area contributed by atoms with Crippen LogP contribution in [0.15, 0.2) is 12.4 Å². The second kappa shape index (κ2) is 6.37. The zero-order valence-electron chi connectivity index (χ0n) is 12.1. The Morgan fingerprint density at radius 3 is 2.95 bits per heavy atom. The molecule has 6 heteroatoms. The predicted molar refractivity (Wildman–Crippen MR) is 78.3 cm³/mol. The third kappa shape index (κ3) is 3.02. The van der Waals surface area contributed by atoms with Crippen molar-refractivity contribution in [1.82, 2.24) is 20.2 Å². The third-order valence-corrected chi connectivity index (χ3v) is 4.05. The summed E-state index contributed by atoms with van der Waals surface area (Å²) in [7, 11) is 0. The van der Waals surface area contributed by atoms with Crippen molar-refractivity contribution in [1.29, 1.82) is 0 Å². The molecule has 1 N–H and O–H groups in total. The number of nitrogens with one attached hydrogen (secondary N) is 1. The van der Waals surface area contributed by atoms with Crippen molar-refractivity contribution in [3.05, 3.63) is 12.4 Å². The van der Waals surface area contributed by atoms with Gasteiger partial charge < -0.3 is 15.0 Å². The van der Waals surface area contributed by atoms with Crippen LogP contribution in [0, 0.1) is 0 Å². The molecule has 0 aliphatic carbocycles. The van der Waals surface area contributed by atoms with E-state index >= 15 is 0 Å². The van der Waals surface area contributed by atoms with Crippen molar-refractivity contribution < 1.29 is 4.74 Å². The van der Waals surface area contributed by atoms with E-state index in [0.29, 0.717) is 18.5 Å². The zero-order valence-corrected chi connectivity index (χ0v) is 12.1. The van der Waals surface area contributed by atoms with Crippen LogP contribution < -0.4 is 15.0 Å². The van der Waals surface area contributed by atoms with Crippen LogP contribution in [0.3, 0.4) is 0 Å². The van der Waals surface area contributed by atoms with Crippen LogP contribution in [0.4, 0.5) is 5.82 Å². The number of ether oxygens (including phenoxy) is 1. The molecule has 0 amide bonds. The van der Waals surface area contributed by atoms with Crippen molar-refractivity contribution in [3.8, 4) is 5.88 Å². The maximum Gasteiger partial charge on any atom is 0.234 e. The van der Waals surface area contributed by atoms with Gasteiger partial charge in [-0.25, -0.2) is 0 Å². The van der Waals surface area contributed by atoms with Gasteiger partial charge in [0.1, 0.15) is 0 Å². The van der Waals surface area contributed by atoms with Gasteiger partial charge >= 0.3 is 0 Å². The van der Waals surface area contributed by atoms with Crippen LogP contribution in [-0.4, -0.2) is 66.8 Å². The minimum Gasteiger partial charge on any atom is -0.477 e. The molecule has 2 saturated heterocycles. The van der Waals surface area contributed by atoms with E-state index in [1.165, 1.54) is 6.42 Å². The summed E-state index contributed by atoms with van der Waals surface area (Å²) in [6.07, 6.45) is 4.72. The molecule has 0 saturated carbocycles. The summed E-state index contributed by atoms with van der Waals surface area (Å²) in [6.45, 7) is 9.22. The first-order valence-corrected chi connectivity index (χ1v) is 7.51. The topological polar surface area (TPSA) is 53.5 Å². The average Bonchev–Trinajstić information content (AvgIpc) is 2.99. The highest BCUT2D eigenvalue weighted by Crippen LogP contribution is 2.22. The number of anilines is 1. The van der Waals surface area contributed by atoms with E-state index in [1.807, 2.05) is 13.1 Å². The molecule has 6 nitrogen and oxygen atoms in total. The molecule has 2 aliphatic rings. The van der Waals surface area contributed by atoms with Crippen molar-refractivity contribution in [2.45, 2.75) is 19.4 Å². The molecule has 3 heterocycles. The van der Waals surface area contributed by atoms with Crippen LogP contribution in [0.5, 0.6) is 5.88 Å². The molecule has 1 aromatic rings. The highest BCUT2D eigenvalue weighted by molar-refractivity contribution is 5.39. The lowest BCUT2D eigenvalue weighted by Crippen LogP contribution is -2.49. The lowest BCUT2D eigenvalue weighted by Gasteiger charge is -2.32. The first-order chi connectivity index (χ1) is 9.86. The van der Waals surface area contributed by atoms with Crippen LogP contribution in [0.25, 0.3) is 0 Å². The summed E-state index contributed by atoms with van der Waals surface area (Å²) in [5, 5.41) is 3.41. The summed E-state index contributed by atoms with van der Waals surface area (Å²) in [5.41, 5.74) is 0. The van der Waals surface area contributed by atoms with Crippen molar-refractivity contribution in [2.24, 2.45) is 0 Å². The van der Waals surface area contributed by atoms with Crippen molar-refractivity contribution in [2.75, 3.05) is 50.8 Å². The second-order valence-electron chi connectivity index (χ2n) is 5.32. The number of piperazine rings is 1. The molecular formula is C14H23N5O. The molecule has 3 rings (SSSR count). The van der Waals surface area contributed by atoms with Crippen molar-refractivity contribution >= 4 is 5.82 Å². The molecule has 1 aromatic heterocycles. The van der Waals surface area contributed by atoms with E-state index in [9.17, 15) is 0 Å². The Hall–Kier alpha value is -1.40. The highest BCUT2D eigenvalue weighted by atomic mass is 16.5. The van der Waals surface area contributed by atoms with E-state index in [4.69, 9.17) is 4.74 Å². The highest BCUT2D eigenvalue weighted by Gasteiger charge is 2.29. The van der Waals surface area contributed by atoms with E-state index in [2.05, 4.69) is 25.1 Å². The van der Waals surface area contributed by atoms with Crippen LogP contribution >= 0.6 is 0 Å². The Kier molecular flexibility index (Phi) is 4.32. The van der Waals surface area contributed by atoms with E-state index in [0.717, 1.165) is 45.1 Å².